The number of unbranched alkanes of at least 4 members (excludes halogenated alkanes) is 14. The van der Waals surface area contributed by atoms with Crippen LogP contribution in [0.2, 0.25) is 0 Å². The molecular formula is C52H82O6. The van der Waals surface area contributed by atoms with Gasteiger partial charge in [0.2, 0.25) is 0 Å². The predicted octanol–water partition coefficient (Wildman–Crippen LogP) is 14.8. The van der Waals surface area contributed by atoms with Crippen molar-refractivity contribution in [1.82, 2.24) is 0 Å². The van der Waals surface area contributed by atoms with Crippen molar-refractivity contribution < 1.29 is 28.6 Å². The molecule has 0 N–H and O–H groups in total. The Bertz CT molecular complexity index is 1240. The first-order valence-electron chi connectivity index (χ1n) is 23.0. The van der Waals surface area contributed by atoms with Gasteiger partial charge < -0.3 is 14.2 Å². The fraction of sp³-hybridized carbons (Fsp3) is 0.596. The van der Waals surface area contributed by atoms with Crippen LogP contribution in [-0.4, -0.2) is 37.2 Å². The standard InChI is InChI=1S/C52H82O6/c1-4-7-10-13-16-19-22-25-26-28-30-33-36-39-42-45-51(54)57-48-49(47-56-50(53)44-41-38-35-32-29-24-21-18-15-12-9-6-3)58-52(55)46-43-40-37-34-31-27-23-20-17-14-11-8-5-2/h8-9,11-12,14,16-23,25,27,29,31-32,49H,4-7,10,13,15,24,26,28,30,33-48H2,1-3H3/b11-8-,12-9-,17-14-,19-16-,21-18-,23-20-,25-22-,31-27-,32-29-. The molecule has 0 aliphatic rings. The van der Waals surface area contributed by atoms with Crippen LogP contribution in [0.1, 0.15) is 181 Å². The zero-order valence-corrected chi connectivity index (χ0v) is 37.0. The molecule has 1 unspecified atom stereocenters. The maximum Gasteiger partial charge on any atom is 0.306 e. The van der Waals surface area contributed by atoms with Crippen LogP contribution in [0.15, 0.2) is 109 Å². The summed E-state index contributed by atoms with van der Waals surface area (Å²) in [5.74, 6) is -1.02. The lowest BCUT2D eigenvalue weighted by atomic mass is 10.1. The van der Waals surface area contributed by atoms with Crippen molar-refractivity contribution in [3.63, 3.8) is 0 Å². The molecule has 0 aliphatic carbocycles. The minimum atomic E-state index is -0.819. The van der Waals surface area contributed by atoms with Gasteiger partial charge >= 0.3 is 17.9 Å². The van der Waals surface area contributed by atoms with Gasteiger partial charge in [-0.05, 0) is 96.3 Å². The van der Waals surface area contributed by atoms with E-state index in [1.165, 1.54) is 38.5 Å². The van der Waals surface area contributed by atoms with E-state index in [-0.39, 0.29) is 37.5 Å². The molecule has 0 fully saturated rings. The third-order valence-corrected chi connectivity index (χ3v) is 9.11. The van der Waals surface area contributed by atoms with E-state index in [1.54, 1.807) is 0 Å². The molecule has 6 nitrogen and oxygen atoms in total. The van der Waals surface area contributed by atoms with Gasteiger partial charge in [0.15, 0.2) is 6.10 Å². The van der Waals surface area contributed by atoms with Crippen molar-refractivity contribution in [2.45, 2.75) is 187 Å². The minimum Gasteiger partial charge on any atom is -0.462 e. The second kappa shape index (κ2) is 45.8. The lowest BCUT2D eigenvalue weighted by Gasteiger charge is -2.18. The molecule has 58 heavy (non-hydrogen) atoms. The molecule has 0 bridgehead atoms. The average Bonchev–Trinajstić information content (AvgIpc) is 3.22. The summed E-state index contributed by atoms with van der Waals surface area (Å²) in [6, 6.07) is 0. The summed E-state index contributed by atoms with van der Waals surface area (Å²) in [7, 11) is 0. The van der Waals surface area contributed by atoms with Crippen molar-refractivity contribution in [2.75, 3.05) is 13.2 Å². The first-order chi connectivity index (χ1) is 28.5. The first-order valence-corrected chi connectivity index (χ1v) is 23.0. The molecular weight excluding hydrogens is 721 g/mol. The number of hydrogen-bond donors (Lipinski definition) is 0. The first kappa shape index (κ1) is 54.1. The SMILES string of the molecule is CC\C=C/C=C\C=C/C=C\CCCCCC(=O)OC(COC(=O)CCCC/C=C\C/C=C\C/C=C\CC)COC(=O)CCCCCCCC/C=C\C=C/CCCCC. The summed E-state index contributed by atoms with van der Waals surface area (Å²) < 4.78 is 16.6. The molecule has 0 amide bonds. The van der Waals surface area contributed by atoms with Crippen LogP contribution in [0.4, 0.5) is 0 Å². The van der Waals surface area contributed by atoms with E-state index in [0.29, 0.717) is 25.7 Å². The van der Waals surface area contributed by atoms with Crippen molar-refractivity contribution in [3.8, 4) is 0 Å². The Morgan fingerprint density at radius 2 is 0.759 bits per heavy atom. The topological polar surface area (TPSA) is 78.9 Å². The van der Waals surface area contributed by atoms with E-state index in [4.69, 9.17) is 14.2 Å². The Morgan fingerprint density at radius 3 is 1.33 bits per heavy atom. The average molecular weight is 803 g/mol. The molecule has 0 heterocycles. The van der Waals surface area contributed by atoms with Gasteiger partial charge in [-0.15, -0.1) is 0 Å². The molecule has 6 heteroatoms. The van der Waals surface area contributed by atoms with Gasteiger partial charge in [0.05, 0.1) is 0 Å². The van der Waals surface area contributed by atoms with Crippen LogP contribution < -0.4 is 0 Å². The molecule has 0 aromatic rings. The van der Waals surface area contributed by atoms with Crippen LogP contribution in [0.5, 0.6) is 0 Å². The number of ether oxygens (including phenoxy) is 3. The number of rotatable bonds is 39. The zero-order valence-electron chi connectivity index (χ0n) is 37.0. The van der Waals surface area contributed by atoms with E-state index in [2.05, 4.69) is 93.7 Å². The summed E-state index contributed by atoms with van der Waals surface area (Å²) >= 11 is 0. The molecule has 0 aliphatic heterocycles. The molecule has 0 radical (unpaired) electrons. The Labute approximate surface area is 355 Å². The second-order valence-corrected chi connectivity index (χ2v) is 14.7. The van der Waals surface area contributed by atoms with E-state index < -0.39 is 6.10 Å². The highest BCUT2D eigenvalue weighted by Crippen LogP contribution is 2.12. The molecule has 0 aromatic carbocycles. The molecule has 326 valence electrons. The maximum atomic E-state index is 12.7. The minimum absolute atomic E-state index is 0.115. The van der Waals surface area contributed by atoms with Gasteiger partial charge in [-0.2, -0.15) is 0 Å². The number of esters is 3. The highest BCUT2D eigenvalue weighted by Gasteiger charge is 2.19. The number of hydrogen-bond acceptors (Lipinski definition) is 6. The maximum absolute atomic E-state index is 12.7. The predicted molar refractivity (Wildman–Crippen MR) is 247 cm³/mol. The Hall–Kier alpha value is -3.93. The smallest absolute Gasteiger partial charge is 0.306 e. The van der Waals surface area contributed by atoms with Crippen LogP contribution in [-0.2, 0) is 28.6 Å². The van der Waals surface area contributed by atoms with E-state index in [9.17, 15) is 14.4 Å². The van der Waals surface area contributed by atoms with Gasteiger partial charge in [-0.1, -0.05) is 175 Å². The highest BCUT2D eigenvalue weighted by atomic mass is 16.6. The van der Waals surface area contributed by atoms with Gasteiger partial charge in [-0.3, -0.25) is 14.4 Å². The van der Waals surface area contributed by atoms with Gasteiger partial charge in [-0.25, -0.2) is 0 Å². The third kappa shape index (κ3) is 43.2. The lowest BCUT2D eigenvalue weighted by molar-refractivity contribution is -0.167. The Kier molecular flexibility index (Phi) is 42.7. The lowest BCUT2D eigenvalue weighted by Crippen LogP contribution is -2.30. The van der Waals surface area contributed by atoms with E-state index >= 15 is 0 Å². The summed E-state index contributed by atoms with van der Waals surface area (Å²) in [6.45, 7) is 6.24. The third-order valence-electron chi connectivity index (χ3n) is 9.11. The van der Waals surface area contributed by atoms with Crippen molar-refractivity contribution >= 4 is 17.9 Å². The quantitative estimate of drug-likeness (QED) is 0.0202. The van der Waals surface area contributed by atoms with Crippen LogP contribution in [0.3, 0.4) is 0 Å². The van der Waals surface area contributed by atoms with Crippen LogP contribution >= 0.6 is 0 Å². The van der Waals surface area contributed by atoms with Crippen LogP contribution in [0.25, 0.3) is 0 Å². The molecule has 0 spiro atoms. The molecule has 0 saturated carbocycles. The van der Waals surface area contributed by atoms with Gasteiger partial charge in [0.25, 0.3) is 0 Å². The van der Waals surface area contributed by atoms with Gasteiger partial charge in [0.1, 0.15) is 13.2 Å². The normalized spacial score (nSPS) is 13.1. The molecule has 0 aromatic heterocycles. The Morgan fingerprint density at radius 1 is 0.379 bits per heavy atom. The summed E-state index contributed by atoms with van der Waals surface area (Å²) in [5.41, 5.74) is 0. The van der Waals surface area contributed by atoms with Crippen molar-refractivity contribution in [3.05, 3.63) is 109 Å². The van der Waals surface area contributed by atoms with Crippen molar-refractivity contribution in [1.29, 1.82) is 0 Å². The number of carbonyl (C=O) groups is 3. The van der Waals surface area contributed by atoms with Crippen LogP contribution in [0, 0.1) is 0 Å². The second-order valence-electron chi connectivity index (χ2n) is 14.7. The largest absolute Gasteiger partial charge is 0.462 e. The zero-order chi connectivity index (χ0) is 42.3. The fourth-order valence-corrected chi connectivity index (χ4v) is 5.69. The highest BCUT2D eigenvalue weighted by molar-refractivity contribution is 5.71. The summed E-state index contributed by atoms with van der Waals surface area (Å²) in [4.78, 5) is 37.8. The molecule has 0 rings (SSSR count). The fourth-order valence-electron chi connectivity index (χ4n) is 5.69. The molecule has 0 saturated heterocycles. The van der Waals surface area contributed by atoms with E-state index in [1.807, 2.05) is 36.5 Å². The summed E-state index contributed by atoms with van der Waals surface area (Å²) in [5, 5.41) is 0. The monoisotopic (exact) mass is 803 g/mol. The number of carbonyl (C=O) groups excluding carboxylic acids is 3. The van der Waals surface area contributed by atoms with Gasteiger partial charge in [0, 0.05) is 19.3 Å². The summed E-state index contributed by atoms with van der Waals surface area (Å²) in [6.07, 6.45) is 60.7. The number of allylic oxidation sites excluding steroid dienone is 18. The van der Waals surface area contributed by atoms with Crippen molar-refractivity contribution in [2.24, 2.45) is 0 Å². The Balaban J connectivity index is 4.54. The van der Waals surface area contributed by atoms with E-state index in [0.717, 1.165) is 89.9 Å². The molecule has 1 atom stereocenters.